The molecular formula is C19H22N2O2. The maximum absolute atomic E-state index is 11.7. The van der Waals surface area contributed by atoms with Gasteiger partial charge in [-0.25, -0.2) is 0 Å². The molecule has 0 radical (unpaired) electrons. The summed E-state index contributed by atoms with van der Waals surface area (Å²) in [5.41, 5.74) is 3.36. The van der Waals surface area contributed by atoms with Crippen LogP contribution in [-0.4, -0.2) is 18.4 Å². The SMILES string of the molecule is Cc1ccc(CNC(=O)C(=O)NCCCc2ccccc2)cc1. The van der Waals surface area contributed by atoms with Gasteiger partial charge in [0.05, 0.1) is 0 Å². The smallest absolute Gasteiger partial charge is 0.309 e. The Balaban J connectivity index is 1.64. The molecule has 2 rings (SSSR count). The largest absolute Gasteiger partial charge is 0.348 e. The molecule has 0 aliphatic carbocycles. The minimum Gasteiger partial charge on any atom is -0.348 e. The molecule has 2 amide bonds. The van der Waals surface area contributed by atoms with Crippen molar-refractivity contribution in [2.45, 2.75) is 26.3 Å². The van der Waals surface area contributed by atoms with Crippen LogP contribution in [0.1, 0.15) is 23.1 Å². The molecule has 0 unspecified atom stereocenters. The summed E-state index contributed by atoms with van der Waals surface area (Å²) in [6, 6.07) is 17.9. The molecule has 4 heteroatoms. The van der Waals surface area contributed by atoms with Crippen LogP contribution in [0.2, 0.25) is 0 Å². The highest BCUT2D eigenvalue weighted by molar-refractivity contribution is 6.35. The van der Waals surface area contributed by atoms with Crippen molar-refractivity contribution in [2.75, 3.05) is 6.54 Å². The molecule has 2 aromatic carbocycles. The fourth-order valence-electron chi connectivity index (χ4n) is 2.19. The van der Waals surface area contributed by atoms with Crippen molar-refractivity contribution >= 4 is 11.8 Å². The molecule has 0 bridgehead atoms. The van der Waals surface area contributed by atoms with E-state index in [1.807, 2.05) is 49.4 Å². The number of hydrogen-bond acceptors (Lipinski definition) is 2. The Bertz CT molecular complexity index is 636. The predicted molar refractivity (Wildman–Crippen MR) is 90.8 cm³/mol. The van der Waals surface area contributed by atoms with Crippen molar-refractivity contribution in [1.82, 2.24) is 10.6 Å². The second kappa shape index (κ2) is 8.73. The van der Waals surface area contributed by atoms with Crippen LogP contribution < -0.4 is 10.6 Å². The normalized spacial score (nSPS) is 10.1. The number of carbonyl (C=O) groups excluding carboxylic acids is 2. The number of nitrogens with one attached hydrogen (secondary N) is 2. The van der Waals surface area contributed by atoms with Crippen LogP contribution in [0.15, 0.2) is 54.6 Å². The molecule has 0 aliphatic rings. The number of rotatable bonds is 6. The number of carbonyl (C=O) groups is 2. The van der Waals surface area contributed by atoms with Gasteiger partial charge in [-0.2, -0.15) is 0 Å². The third-order valence-corrected chi connectivity index (χ3v) is 3.55. The van der Waals surface area contributed by atoms with E-state index in [-0.39, 0.29) is 0 Å². The Morgan fingerprint density at radius 2 is 1.48 bits per heavy atom. The second-order valence-electron chi connectivity index (χ2n) is 5.51. The Labute approximate surface area is 136 Å². The lowest BCUT2D eigenvalue weighted by Crippen LogP contribution is -2.40. The van der Waals surface area contributed by atoms with Gasteiger partial charge in [0.2, 0.25) is 0 Å². The molecular weight excluding hydrogens is 288 g/mol. The van der Waals surface area contributed by atoms with Crippen molar-refractivity contribution in [3.63, 3.8) is 0 Å². The van der Waals surface area contributed by atoms with Crippen molar-refractivity contribution in [3.8, 4) is 0 Å². The zero-order valence-corrected chi connectivity index (χ0v) is 13.3. The van der Waals surface area contributed by atoms with Gasteiger partial charge in [-0.3, -0.25) is 9.59 Å². The number of hydrogen-bond donors (Lipinski definition) is 2. The van der Waals surface area contributed by atoms with E-state index in [9.17, 15) is 9.59 Å². The van der Waals surface area contributed by atoms with Crippen LogP contribution in [0.5, 0.6) is 0 Å². The van der Waals surface area contributed by atoms with Gasteiger partial charge < -0.3 is 10.6 Å². The van der Waals surface area contributed by atoms with Crippen LogP contribution in [0.4, 0.5) is 0 Å². The first-order chi connectivity index (χ1) is 11.1. The van der Waals surface area contributed by atoms with Gasteiger partial charge >= 0.3 is 11.8 Å². The predicted octanol–water partition coefficient (Wildman–Crippen LogP) is 2.36. The van der Waals surface area contributed by atoms with E-state index in [1.54, 1.807) is 0 Å². The van der Waals surface area contributed by atoms with E-state index in [0.29, 0.717) is 13.1 Å². The minimum absolute atomic E-state index is 0.358. The van der Waals surface area contributed by atoms with Gasteiger partial charge in [0.1, 0.15) is 0 Å². The molecule has 0 aliphatic heterocycles. The average molecular weight is 310 g/mol. The number of aryl methyl sites for hydroxylation is 2. The summed E-state index contributed by atoms with van der Waals surface area (Å²) in [4.78, 5) is 23.4. The summed E-state index contributed by atoms with van der Waals surface area (Å²) in [6.45, 7) is 2.85. The summed E-state index contributed by atoms with van der Waals surface area (Å²) in [6.07, 6.45) is 1.69. The van der Waals surface area contributed by atoms with E-state index in [1.165, 1.54) is 5.56 Å². The van der Waals surface area contributed by atoms with Crippen molar-refractivity contribution in [2.24, 2.45) is 0 Å². The van der Waals surface area contributed by atoms with Crippen molar-refractivity contribution in [1.29, 1.82) is 0 Å². The first-order valence-corrected chi connectivity index (χ1v) is 7.80. The quantitative estimate of drug-likeness (QED) is 0.635. The van der Waals surface area contributed by atoms with Gasteiger partial charge in [0, 0.05) is 13.1 Å². The van der Waals surface area contributed by atoms with Crippen LogP contribution >= 0.6 is 0 Å². The molecule has 120 valence electrons. The molecule has 0 aromatic heterocycles. The van der Waals surface area contributed by atoms with E-state index in [0.717, 1.165) is 24.0 Å². The first kappa shape index (κ1) is 16.7. The van der Waals surface area contributed by atoms with E-state index >= 15 is 0 Å². The molecule has 0 saturated heterocycles. The Kier molecular flexibility index (Phi) is 6.36. The summed E-state index contributed by atoms with van der Waals surface area (Å²) in [5, 5.41) is 5.27. The van der Waals surface area contributed by atoms with Gasteiger partial charge in [-0.1, -0.05) is 60.2 Å². The third kappa shape index (κ3) is 5.94. The highest BCUT2D eigenvalue weighted by Gasteiger charge is 2.11. The molecule has 0 saturated carbocycles. The van der Waals surface area contributed by atoms with Crippen molar-refractivity contribution in [3.05, 3.63) is 71.3 Å². The van der Waals surface area contributed by atoms with Crippen LogP contribution in [-0.2, 0) is 22.6 Å². The highest BCUT2D eigenvalue weighted by Crippen LogP contribution is 2.03. The van der Waals surface area contributed by atoms with Gasteiger partial charge in [0.25, 0.3) is 0 Å². The molecule has 4 nitrogen and oxygen atoms in total. The topological polar surface area (TPSA) is 58.2 Å². The van der Waals surface area contributed by atoms with Gasteiger partial charge in [-0.15, -0.1) is 0 Å². The van der Waals surface area contributed by atoms with Gasteiger partial charge in [0.15, 0.2) is 0 Å². The molecule has 0 atom stereocenters. The van der Waals surface area contributed by atoms with E-state index in [2.05, 4.69) is 22.8 Å². The Hall–Kier alpha value is -2.62. The molecule has 23 heavy (non-hydrogen) atoms. The number of amides is 2. The molecule has 0 heterocycles. The molecule has 0 fully saturated rings. The zero-order chi connectivity index (χ0) is 16.5. The maximum atomic E-state index is 11.7. The average Bonchev–Trinajstić information content (AvgIpc) is 2.58. The summed E-state index contributed by atoms with van der Waals surface area (Å²) < 4.78 is 0. The van der Waals surface area contributed by atoms with Crippen molar-refractivity contribution < 1.29 is 9.59 Å². The Morgan fingerprint density at radius 1 is 0.826 bits per heavy atom. The monoisotopic (exact) mass is 310 g/mol. The summed E-state index contributed by atoms with van der Waals surface area (Å²) >= 11 is 0. The Morgan fingerprint density at radius 3 is 2.17 bits per heavy atom. The molecule has 0 spiro atoms. The first-order valence-electron chi connectivity index (χ1n) is 7.80. The lowest BCUT2D eigenvalue weighted by Gasteiger charge is -2.07. The van der Waals surface area contributed by atoms with E-state index < -0.39 is 11.8 Å². The zero-order valence-electron chi connectivity index (χ0n) is 13.3. The van der Waals surface area contributed by atoms with E-state index in [4.69, 9.17) is 0 Å². The summed E-state index contributed by atoms with van der Waals surface area (Å²) in [5.74, 6) is -1.17. The highest BCUT2D eigenvalue weighted by atomic mass is 16.2. The lowest BCUT2D eigenvalue weighted by atomic mass is 10.1. The third-order valence-electron chi connectivity index (χ3n) is 3.55. The van der Waals surface area contributed by atoms with Crippen LogP contribution in [0.25, 0.3) is 0 Å². The summed E-state index contributed by atoms with van der Waals surface area (Å²) in [7, 11) is 0. The standard InChI is InChI=1S/C19H22N2O2/c1-15-9-11-17(12-10-15)14-21-19(23)18(22)20-13-5-8-16-6-3-2-4-7-16/h2-4,6-7,9-12H,5,8,13-14H2,1H3,(H,20,22)(H,21,23). The molecule has 2 aromatic rings. The van der Waals surface area contributed by atoms with Crippen LogP contribution in [0, 0.1) is 6.92 Å². The lowest BCUT2D eigenvalue weighted by molar-refractivity contribution is -0.139. The second-order valence-corrected chi connectivity index (χ2v) is 5.51. The van der Waals surface area contributed by atoms with Gasteiger partial charge in [-0.05, 0) is 30.9 Å². The van der Waals surface area contributed by atoms with Crippen LogP contribution in [0.3, 0.4) is 0 Å². The molecule has 2 N–H and O–H groups in total. The minimum atomic E-state index is -0.592. The number of benzene rings is 2. The fraction of sp³-hybridized carbons (Fsp3) is 0.263. The maximum Gasteiger partial charge on any atom is 0.309 e. The fourth-order valence-corrected chi connectivity index (χ4v) is 2.19.